The Balaban J connectivity index is 1.74. The summed E-state index contributed by atoms with van der Waals surface area (Å²) in [4.78, 5) is 25.8. The molecule has 0 radical (unpaired) electrons. The minimum atomic E-state index is -0.302. The van der Waals surface area contributed by atoms with Crippen molar-refractivity contribution in [2.45, 2.75) is 13.8 Å². The average Bonchev–Trinajstić information content (AvgIpc) is 3.05. The van der Waals surface area contributed by atoms with Crippen LogP contribution in [0.5, 0.6) is 0 Å². The van der Waals surface area contributed by atoms with Crippen LogP contribution >= 0.6 is 11.3 Å². The molecule has 144 valence electrons. The van der Waals surface area contributed by atoms with Crippen molar-refractivity contribution in [2.75, 3.05) is 17.2 Å². The lowest BCUT2D eigenvalue weighted by Gasteiger charge is -2.08. The fraction of sp³-hybridized carbons (Fsp3) is 0.143. The molecular weight excluding hydrogens is 377 g/mol. The lowest BCUT2D eigenvalue weighted by molar-refractivity contribution is 0.103. The zero-order valence-corrected chi connectivity index (χ0v) is 16.3. The summed E-state index contributed by atoms with van der Waals surface area (Å²) in [6.07, 6.45) is 0. The number of hydrogen-bond donors (Lipinski definition) is 3. The Morgan fingerprint density at radius 3 is 2.36 bits per heavy atom. The molecule has 28 heavy (non-hydrogen) atoms. The monoisotopic (exact) mass is 397 g/mol. The summed E-state index contributed by atoms with van der Waals surface area (Å²) in [7, 11) is 0. The molecule has 2 aromatic carbocycles. The number of rotatable bonds is 5. The molecular formula is C21H20FN3O2S. The zero-order valence-electron chi connectivity index (χ0n) is 15.5. The highest BCUT2D eigenvalue weighted by Gasteiger charge is 2.14. The summed E-state index contributed by atoms with van der Waals surface area (Å²) >= 11 is 1.35. The number of benzene rings is 2. The van der Waals surface area contributed by atoms with Crippen LogP contribution in [-0.4, -0.2) is 18.5 Å². The van der Waals surface area contributed by atoms with Crippen LogP contribution < -0.4 is 16.0 Å². The topological polar surface area (TPSA) is 70.2 Å². The third-order valence-corrected chi connectivity index (χ3v) is 5.25. The van der Waals surface area contributed by atoms with Crippen molar-refractivity contribution < 1.29 is 14.0 Å². The molecule has 0 saturated heterocycles. The molecule has 0 aliphatic rings. The van der Waals surface area contributed by atoms with E-state index in [9.17, 15) is 14.0 Å². The van der Waals surface area contributed by atoms with Gasteiger partial charge >= 0.3 is 6.03 Å². The number of carbonyl (C=O) groups excluding carboxylic acids is 2. The molecule has 0 spiro atoms. The van der Waals surface area contributed by atoms with Gasteiger partial charge in [-0.3, -0.25) is 4.79 Å². The van der Waals surface area contributed by atoms with Crippen molar-refractivity contribution in [3.63, 3.8) is 0 Å². The van der Waals surface area contributed by atoms with Crippen LogP contribution in [0, 0.1) is 12.7 Å². The highest BCUT2D eigenvalue weighted by molar-refractivity contribution is 7.17. The average molecular weight is 397 g/mol. The SMILES string of the molecule is CCNC(=O)Nc1cccc(NC(=O)c2cc(C)c(-c3ccc(F)cc3)s2)c1. The van der Waals surface area contributed by atoms with E-state index >= 15 is 0 Å². The lowest BCUT2D eigenvalue weighted by atomic mass is 10.1. The summed E-state index contributed by atoms with van der Waals surface area (Å²) in [5.74, 6) is -0.534. The van der Waals surface area contributed by atoms with Crippen LogP contribution in [0.15, 0.2) is 54.6 Å². The van der Waals surface area contributed by atoms with E-state index in [0.717, 1.165) is 16.0 Å². The first-order chi connectivity index (χ1) is 13.5. The molecule has 1 aromatic heterocycles. The quantitative estimate of drug-likeness (QED) is 0.550. The standard InChI is InChI=1S/C21H20FN3O2S/c1-3-23-21(27)25-17-6-4-5-16(12-17)24-20(26)18-11-13(2)19(28-18)14-7-9-15(22)10-8-14/h4-12H,3H2,1-2H3,(H,24,26)(H2,23,25,27). The van der Waals surface area contributed by atoms with E-state index in [1.165, 1.54) is 23.5 Å². The molecule has 5 nitrogen and oxygen atoms in total. The fourth-order valence-corrected chi connectivity index (χ4v) is 3.76. The van der Waals surface area contributed by atoms with Crippen molar-refractivity contribution in [1.82, 2.24) is 5.32 Å². The molecule has 0 unspecified atom stereocenters. The first kappa shape index (κ1) is 19.6. The van der Waals surface area contributed by atoms with Gasteiger partial charge in [0.25, 0.3) is 5.91 Å². The molecule has 1 heterocycles. The maximum absolute atomic E-state index is 13.1. The van der Waals surface area contributed by atoms with E-state index < -0.39 is 0 Å². The second kappa shape index (κ2) is 8.67. The zero-order chi connectivity index (χ0) is 20.1. The first-order valence-electron chi connectivity index (χ1n) is 8.79. The Hall–Kier alpha value is -3.19. The van der Waals surface area contributed by atoms with Crippen molar-refractivity contribution in [3.8, 4) is 10.4 Å². The highest BCUT2D eigenvalue weighted by atomic mass is 32.1. The number of carbonyl (C=O) groups is 2. The molecule has 0 aliphatic carbocycles. The number of aryl methyl sites for hydroxylation is 1. The summed E-state index contributed by atoms with van der Waals surface area (Å²) in [5, 5.41) is 8.20. The Morgan fingerprint density at radius 1 is 1.00 bits per heavy atom. The van der Waals surface area contributed by atoms with Crippen molar-refractivity contribution in [3.05, 3.63) is 70.9 Å². The molecule has 0 fully saturated rings. The predicted octanol–water partition coefficient (Wildman–Crippen LogP) is 5.26. The molecule has 0 bridgehead atoms. The summed E-state index contributed by atoms with van der Waals surface area (Å²) in [5.41, 5.74) is 2.98. The second-order valence-corrected chi connectivity index (χ2v) is 7.20. The second-order valence-electron chi connectivity index (χ2n) is 6.15. The van der Waals surface area contributed by atoms with Gasteiger partial charge in [0.05, 0.1) is 4.88 Å². The number of urea groups is 1. The van der Waals surface area contributed by atoms with E-state index in [-0.39, 0.29) is 17.8 Å². The summed E-state index contributed by atoms with van der Waals surface area (Å²) in [6, 6.07) is 14.7. The van der Waals surface area contributed by atoms with E-state index in [2.05, 4.69) is 16.0 Å². The van der Waals surface area contributed by atoms with Gasteiger partial charge in [-0.2, -0.15) is 0 Å². The summed E-state index contributed by atoms with van der Waals surface area (Å²) < 4.78 is 13.1. The number of thiophene rings is 1. The lowest BCUT2D eigenvalue weighted by Crippen LogP contribution is -2.28. The first-order valence-corrected chi connectivity index (χ1v) is 9.60. The van der Waals surface area contributed by atoms with Crippen LogP contribution in [0.2, 0.25) is 0 Å². The third kappa shape index (κ3) is 4.75. The third-order valence-electron chi connectivity index (χ3n) is 3.96. The van der Waals surface area contributed by atoms with Crippen molar-refractivity contribution in [1.29, 1.82) is 0 Å². The summed E-state index contributed by atoms with van der Waals surface area (Å²) in [6.45, 7) is 4.28. The molecule has 0 atom stereocenters. The fourth-order valence-electron chi connectivity index (χ4n) is 2.69. The molecule has 7 heteroatoms. The van der Waals surface area contributed by atoms with Gasteiger partial charge in [0.1, 0.15) is 5.82 Å². The van der Waals surface area contributed by atoms with Gasteiger partial charge < -0.3 is 16.0 Å². The van der Waals surface area contributed by atoms with Gasteiger partial charge in [-0.05, 0) is 61.4 Å². The largest absolute Gasteiger partial charge is 0.338 e. The Kier molecular flexibility index (Phi) is 6.06. The van der Waals surface area contributed by atoms with E-state index in [1.807, 2.05) is 19.9 Å². The maximum atomic E-state index is 13.1. The minimum Gasteiger partial charge on any atom is -0.338 e. The normalized spacial score (nSPS) is 10.4. The number of hydrogen-bond acceptors (Lipinski definition) is 3. The Labute approximate surface area is 166 Å². The minimum absolute atomic E-state index is 0.239. The van der Waals surface area contributed by atoms with Gasteiger partial charge in [-0.15, -0.1) is 11.3 Å². The van der Waals surface area contributed by atoms with Gasteiger partial charge in [-0.25, -0.2) is 9.18 Å². The van der Waals surface area contributed by atoms with Gasteiger partial charge in [0.15, 0.2) is 0 Å². The Morgan fingerprint density at radius 2 is 1.68 bits per heavy atom. The van der Waals surface area contributed by atoms with E-state index in [0.29, 0.717) is 22.8 Å². The number of halogens is 1. The molecule has 3 N–H and O–H groups in total. The Bertz CT molecular complexity index is 999. The number of amides is 3. The maximum Gasteiger partial charge on any atom is 0.319 e. The van der Waals surface area contributed by atoms with Crippen molar-refractivity contribution >= 4 is 34.6 Å². The van der Waals surface area contributed by atoms with Crippen LogP contribution in [-0.2, 0) is 0 Å². The highest BCUT2D eigenvalue weighted by Crippen LogP contribution is 2.33. The van der Waals surface area contributed by atoms with Crippen LogP contribution in [0.3, 0.4) is 0 Å². The molecule has 0 saturated carbocycles. The molecule has 0 aliphatic heterocycles. The van der Waals surface area contributed by atoms with Gasteiger partial charge in [-0.1, -0.05) is 18.2 Å². The van der Waals surface area contributed by atoms with Crippen LogP contribution in [0.25, 0.3) is 10.4 Å². The number of anilines is 2. The van der Waals surface area contributed by atoms with Crippen LogP contribution in [0.1, 0.15) is 22.2 Å². The van der Waals surface area contributed by atoms with Crippen molar-refractivity contribution in [2.24, 2.45) is 0 Å². The van der Waals surface area contributed by atoms with E-state index in [1.54, 1.807) is 36.4 Å². The predicted molar refractivity (Wildman–Crippen MR) is 112 cm³/mol. The van der Waals surface area contributed by atoms with Crippen LogP contribution in [0.4, 0.5) is 20.6 Å². The number of nitrogens with one attached hydrogen (secondary N) is 3. The smallest absolute Gasteiger partial charge is 0.319 e. The molecule has 3 amide bonds. The molecule has 3 rings (SSSR count). The van der Waals surface area contributed by atoms with E-state index in [4.69, 9.17) is 0 Å². The molecule has 3 aromatic rings. The van der Waals surface area contributed by atoms with Gasteiger partial charge in [0, 0.05) is 22.8 Å². The van der Waals surface area contributed by atoms with Gasteiger partial charge in [0.2, 0.25) is 0 Å².